The van der Waals surface area contributed by atoms with E-state index in [-0.39, 0.29) is 6.04 Å². The highest BCUT2D eigenvalue weighted by atomic mass is 35.5. The highest BCUT2D eigenvalue weighted by molar-refractivity contribution is 6.35. The van der Waals surface area contributed by atoms with Crippen LogP contribution in [0.5, 0.6) is 0 Å². The minimum absolute atomic E-state index is 0.255. The fourth-order valence-electron chi connectivity index (χ4n) is 2.44. The molecular weight excluding hydrogens is 329 g/mol. The maximum atomic E-state index is 6.04. The van der Waals surface area contributed by atoms with Crippen LogP contribution in [0.3, 0.4) is 0 Å². The zero-order valence-corrected chi connectivity index (χ0v) is 14.2. The number of hydrogen-bond donors (Lipinski definition) is 1. The van der Waals surface area contributed by atoms with Crippen molar-refractivity contribution < 1.29 is 4.42 Å². The Morgan fingerprint density at radius 3 is 2.35 bits per heavy atom. The van der Waals surface area contributed by atoms with Gasteiger partial charge in [0.25, 0.3) is 0 Å². The summed E-state index contributed by atoms with van der Waals surface area (Å²) in [7, 11) is 0. The van der Waals surface area contributed by atoms with Crippen LogP contribution in [-0.4, -0.2) is 0 Å². The van der Waals surface area contributed by atoms with E-state index in [1.165, 1.54) is 5.56 Å². The molecule has 0 aliphatic carbocycles. The molecule has 3 aromatic rings. The molecule has 0 saturated heterocycles. The predicted molar refractivity (Wildman–Crippen MR) is 95.9 cm³/mol. The van der Waals surface area contributed by atoms with Crippen LogP contribution in [-0.2, 0) is 6.54 Å². The molecule has 0 bridgehead atoms. The third-order valence-electron chi connectivity index (χ3n) is 3.69. The molecule has 0 fully saturated rings. The van der Waals surface area contributed by atoms with E-state index < -0.39 is 0 Å². The van der Waals surface area contributed by atoms with Crippen LogP contribution in [0.4, 0.5) is 0 Å². The fraction of sp³-hybridized carbons (Fsp3) is 0.158. The molecule has 1 N–H and O–H groups in total. The molecule has 3 rings (SSSR count). The number of halogens is 2. The largest absolute Gasteiger partial charge is 0.460 e. The summed E-state index contributed by atoms with van der Waals surface area (Å²) in [5.41, 5.74) is 2.13. The summed E-state index contributed by atoms with van der Waals surface area (Å²) in [4.78, 5) is 0. The van der Waals surface area contributed by atoms with Crippen molar-refractivity contribution in [3.05, 3.63) is 82.0 Å². The van der Waals surface area contributed by atoms with E-state index in [0.29, 0.717) is 16.6 Å². The molecule has 0 saturated carbocycles. The van der Waals surface area contributed by atoms with Crippen molar-refractivity contribution in [2.24, 2.45) is 0 Å². The number of nitrogens with one attached hydrogen (secondary N) is 1. The van der Waals surface area contributed by atoms with E-state index in [9.17, 15) is 0 Å². The molecule has 0 amide bonds. The molecule has 0 radical (unpaired) electrons. The molecule has 23 heavy (non-hydrogen) atoms. The summed E-state index contributed by atoms with van der Waals surface area (Å²) >= 11 is 12.1. The summed E-state index contributed by atoms with van der Waals surface area (Å²) in [5, 5.41) is 4.65. The Morgan fingerprint density at radius 1 is 0.957 bits per heavy atom. The first-order valence-electron chi connectivity index (χ1n) is 7.45. The second-order valence-corrected chi connectivity index (χ2v) is 6.31. The van der Waals surface area contributed by atoms with Crippen molar-refractivity contribution in [3.63, 3.8) is 0 Å². The van der Waals surface area contributed by atoms with Crippen LogP contribution in [0.1, 0.15) is 24.3 Å². The topological polar surface area (TPSA) is 25.2 Å². The second-order valence-electron chi connectivity index (χ2n) is 5.44. The molecule has 1 heterocycles. The SMILES string of the molecule is C[C@@H](NCc1ccc(-c2cc(Cl)cc(Cl)c2)o1)c1ccccc1. The van der Waals surface area contributed by atoms with Gasteiger partial charge in [0.05, 0.1) is 6.54 Å². The summed E-state index contributed by atoms with van der Waals surface area (Å²) in [6, 6.07) is 19.9. The molecular formula is C19H17Cl2NO. The van der Waals surface area contributed by atoms with Gasteiger partial charge in [0.1, 0.15) is 11.5 Å². The molecule has 1 atom stereocenters. The number of furan rings is 1. The molecule has 0 unspecified atom stereocenters. The smallest absolute Gasteiger partial charge is 0.134 e. The number of hydrogen-bond acceptors (Lipinski definition) is 2. The lowest BCUT2D eigenvalue weighted by molar-refractivity contribution is 0.468. The highest BCUT2D eigenvalue weighted by Gasteiger charge is 2.09. The van der Waals surface area contributed by atoms with Gasteiger partial charge in [-0.2, -0.15) is 0 Å². The van der Waals surface area contributed by atoms with Gasteiger partial charge in [-0.25, -0.2) is 0 Å². The summed E-state index contributed by atoms with van der Waals surface area (Å²) in [6.45, 7) is 2.79. The van der Waals surface area contributed by atoms with Crippen molar-refractivity contribution in [1.82, 2.24) is 5.32 Å². The highest BCUT2D eigenvalue weighted by Crippen LogP contribution is 2.28. The van der Waals surface area contributed by atoms with E-state index in [2.05, 4.69) is 24.4 Å². The molecule has 2 nitrogen and oxygen atoms in total. The monoisotopic (exact) mass is 345 g/mol. The van der Waals surface area contributed by atoms with Gasteiger partial charge in [0.15, 0.2) is 0 Å². The first-order chi connectivity index (χ1) is 11.1. The Kier molecular flexibility index (Phi) is 5.06. The molecule has 0 aliphatic rings. The molecule has 118 valence electrons. The predicted octanol–water partition coefficient (Wildman–Crippen LogP) is 6.10. The molecule has 2 aromatic carbocycles. The van der Waals surface area contributed by atoms with Crippen LogP contribution in [0, 0.1) is 0 Å². The zero-order valence-electron chi connectivity index (χ0n) is 12.7. The first-order valence-corrected chi connectivity index (χ1v) is 8.21. The minimum atomic E-state index is 0.255. The first kappa shape index (κ1) is 16.1. The average Bonchev–Trinajstić information content (AvgIpc) is 3.01. The third kappa shape index (κ3) is 4.17. The fourth-order valence-corrected chi connectivity index (χ4v) is 2.96. The van der Waals surface area contributed by atoms with E-state index in [1.54, 1.807) is 6.07 Å². The lowest BCUT2D eigenvalue weighted by Gasteiger charge is -2.12. The Labute approximate surface area is 146 Å². The quantitative estimate of drug-likeness (QED) is 0.603. The van der Waals surface area contributed by atoms with Gasteiger partial charge in [0.2, 0.25) is 0 Å². The number of benzene rings is 2. The Hall–Kier alpha value is -1.74. The maximum Gasteiger partial charge on any atom is 0.134 e. The molecule has 0 aliphatic heterocycles. The van der Waals surface area contributed by atoms with E-state index in [0.717, 1.165) is 17.1 Å². The lowest BCUT2D eigenvalue weighted by atomic mass is 10.1. The van der Waals surface area contributed by atoms with E-state index in [4.69, 9.17) is 27.6 Å². The molecule has 1 aromatic heterocycles. The van der Waals surface area contributed by atoms with E-state index in [1.807, 2.05) is 42.5 Å². The normalized spacial score (nSPS) is 12.3. The van der Waals surface area contributed by atoms with Gasteiger partial charge >= 0.3 is 0 Å². The summed E-state index contributed by atoms with van der Waals surface area (Å²) < 4.78 is 5.89. The van der Waals surface area contributed by atoms with Crippen molar-refractivity contribution in [2.45, 2.75) is 19.5 Å². The van der Waals surface area contributed by atoms with Crippen molar-refractivity contribution in [3.8, 4) is 11.3 Å². The maximum absolute atomic E-state index is 6.04. The average molecular weight is 346 g/mol. The molecule has 0 spiro atoms. The minimum Gasteiger partial charge on any atom is -0.460 e. The van der Waals surface area contributed by atoms with Crippen LogP contribution in [0.2, 0.25) is 10.0 Å². The van der Waals surface area contributed by atoms with Crippen LogP contribution < -0.4 is 5.32 Å². The summed E-state index contributed by atoms with van der Waals surface area (Å²) in [5.74, 6) is 1.64. The van der Waals surface area contributed by atoms with Gasteiger partial charge in [-0.15, -0.1) is 0 Å². The third-order valence-corrected chi connectivity index (χ3v) is 4.13. The zero-order chi connectivity index (χ0) is 16.2. The Balaban J connectivity index is 1.68. The standard InChI is InChI=1S/C19H17Cl2NO/c1-13(14-5-3-2-4-6-14)22-12-18-7-8-19(23-18)15-9-16(20)11-17(21)10-15/h2-11,13,22H,12H2,1H3/t13-/m1/s1. The van der Waals surface area contributed by atoms with Gasteiger partial charge in [-0.05, 0) is 42.8 Å². The number of rotatable bonds is 5. The Morgan fingerprint density at radius 2 is 1.65 bits per heavy atom. The van der Waals surface area contributed by atoms with Gasteiger partial charge in [0, 0.05) is 21.7 Å². The van der Waals surface area contributed by atoms with Gasteiger partial charge < -0.3 is 9.73 Å². The van der Waals surface area contributed by atoms with E-state index >= 15 is 0 Å². The molecule has 4 heteroatoms. The summed E-state index contributed by atoms with van der Waals surface area (Å²) in [6.07, 6.45) is 0. The van der Waals surface area contributed by atoms with Crippen LogP contribution in [0.25, 0.3) is 11.3 Å². The van der Waals surface area contributed by atoms with Crippen molar-refractivity contribution in [1.29, 1.82) is 0 Å². The van der Waals surface area contributed by atoms with Gasteiger partial charge in [-0.3, -0.25) is 0 Å². The van der Waals surface area contributed by atoms with Crippen LogP contribution >= 0.6 is 23.2 Å². The lowest BCUT2D eigenvalue weighted by Crippen LogP contribution is -2.17. The second kappa shape index (κ2) is 7.22. The Bertz CT molecular complexity index is 763. The van der Waals surface area contributed by atoms with Crippen molar-refractivity contribution >= 4 is 23.2 Å². The van der Waals surface area contributed by atoms with Crippen molar-refractivity contribution in [2.75, 3.05) is 0 Å². The van der Waals surface area contributed by atoms with Crippen LogP contribution in [0.15, 0.2) is 65.1 Å². The van der Waals surface area contributed by atoms with Gasteiger partial charge in [-0.1, -0.05) is 53.5 Å².